The van der Waals surface area contributed by atoms with E-state index in [1.54, 1.807) is 4.90 Å². The third-order valence-corrected chi connectivity index (χ3v) is 7.76. The number of hydrogen-bond acceptors (Lipinski definition) is 6. The molecule has 8 nitrogen and oxygen atoms in total. The molecule has 3 saturated heterocycles. The quantitative estimate of drug-likeness (QED) is 0.598. The van der Waals surface area contributed by atoms with Gasteiger partial charge in [-0.2, -0.15) is 0 Å². The molecule has 3 heterocycles. The molecule has 0 bridgehead atoms. The number of allylic oxidation sites excluding steroid dienone is 2. The Morgan fingerprint density at radius 3 is 2.58 bits per heavy atom. The van der Waals surface area contributed by atoms with E-state index in [1.807, 2.05) is 68.2 Å². The highest BCUT2D eigenvalue weighted by Crippen LogP contribution is 2.46. The zero-order valence-electron chi connectivity index (χ0n) is 21.3. The standard InChI is InChI=1S/C28H35N3O5/c1-19(2)17-35-27(34)30-14-12-29(13-15-30)21-9-8-20(3)23(16-21)25(32)31-11-10-28(18-31)24-7-5-4-6-22(24)26(33)36-28/h4-9,16,19,22,24H,10-15,17-18H2,1-3H3/t22?,24?,28-/m0/s1. The molecule has 5 rings (SSSR count). The largest absolute Gasteiger partial charge is 0.456 e. The first-order valence-corrected chi connectivity index (χ1v) is 12.9. The molecule has 3 atom stereocenters. The molecule has 1 aliphatic carbocycles. The van der Waals surface area contributed by atoms with Crippen molar-refractivity contribution < 1.29 is 23.9 Å². The van der Waals surface area contributed by atoms with Crippen LogP contribution in [0, 0.1) is 24.7 Å². The molecular weight excluding hydrogens is 458 g/mol. The molecule has 0 radical (unpaired) electrons. The SMILES string of the molecule is Cc1ccc(N2CCN(C(=O)OCC(C)C)CC2)cc1C(=O)N1CC[C@@]2(C1)OC(=O)C1C=CC=CC12. The van der Waals surface area contributed by atoms with E-state index in [-0.39, 0.29) is 29.8 Å². The lowest BCUT2D eigenvalue weighted by Crippen LogP contribution is -2.49. The number of benzene rings is 1. The van der Waals surface area contributed by atoms with Gasteiger partial charge in [0, 0.05) is 56.3 Å². The Labute approximate surface area is 212 Å². The van der Waals surface area contributed by atoms with Crippen molar-refractivity contribution in [2.24, 2.45) is 17.8 Å². The molecule has 1 aromatic carbocycles. The summed E-state index contributed by atoms with van der Waals surface area (Å²) in [6.07, 6.45) is 8.20. The van der Waals surface area contributed by atoms with Crippen molar-refractivity contribution in [3.8, 4) is 0 Å². The third-order valence-electron chi connectivity index (χ3n) is 7.76. The average Bonchev–Trinajstić information content (AvgIpc) is 3.43. The van der Waals surface area contributed by atoms with Crippen LogP contribution >= 0.6 is 0 Å². The van der Waals surface area contributed by atoms with Crippen LogP contribution in [0.25, 0.3) is 0 Å². The fourth-order valence-corrected chi connectivity index (χ4v) is 5.69. The van der Waals surface area contributed by atoms with Gasteiger partial charge in [0.05, 0.1) is 19.1 Å². The number of ether oxygens (including phenoxy) is 2. The van der Waals surface area contributed by atoms with E-state index in [4.69, 9.17) is 9.47 Å². The second-order valence-electron chi connectivity index (χ2n) is 10.7. The molecule has 0 N–H and O–H groups in total. The molecule has 8 heteroatoms. The second-order valence-corrected chi connectivity index (χ2v) is 10.7. The van der Waals surface area contributed by atoms with Gasteiger partial charge in [0.2, 0.25) is 0 Å². The lowest BCUT2D eigenvalue weighted by molar-refractivity contribution is -0.149. The maximum atomic E-state index is 13.6. The highest BCUT2D eigenvalue weighted by atomic mass is 16.6. The predicted octanol–water partition coefficient (Wildman–Crippen LogP) is 3.41. The topological polar surface area (TPSA) is 79.4 Å². The van der Waals surface area contributed by atoms with Gasteiger partial charge in [-0.05, 0) is 30.5 Å². The minimum Gasteiger partial charge on any atom is -0.456 e. The Morgan fingerprint density at radius 1 is 1.08 bits per heavy atom. The van der Waals surface area contributed by atoms with E-state index in [2.05, 4.69) is 4.90 Å². The number of esters is 1. The van der Waals surface area contributed by atoms with Crippen LogP contribution in [0.4, 0.5) is 10.5 Å². The van der Waals surface area contributed by atoms with E-state index in [9.17, 15) is 14.4 Å². The van der Waals surface area contributed by atoms with Crippen molar-refractivity contribution in [2.75, 3.05) is 50.8 Å². The van der Waals surface area contributed by atoms with Crippen LogP contribution in [0.15, 0.2) is 42.5 Å². The number of piperazine rings is 1. The second kappa shape index (κ2) is 9.64. The van der Waals surface area contributed by atoms with Crippen LogP contribution in [-0.2, 0) is 14.3 Å². The molecule has 0 saturated carbocycles. The normalized spacial score (nSPS) is 27.1. The minimum absolute atomic E-state index is 0.0243. The van der Waals surface area contributed by atoms with Gasteiger partial charge in [-0.25, -0.2) is 4.79 Å². The van der Waals surface area contributed by atoms with Gasteiger partial charge in [0.15, 0.2) is 0 Å². The van der Waals surface area contributed by atoms with Gasteiger partial charge >= 0.3 is 12.1 Å². The van der Waals surface area contributed by atoms with Gasteiger partial charge in [0.1, 0.15) is 5.60 Å². The van der Waals surface area contributed by atoms with Crippen molar-refractivity contribution in [3.63, 3.8) is 0 Å². The van der Waals surface area contributed by atoms with Gasteiger partial charge in [0.25, 0.3) is 5.91 Å². The number of aryl methyl sites for hydroxylation is 1. The number of amides is 2. The van der Waals surface area contributed by atoms with Crippen molar-refractivity contribution >= 4 is 23.7 Å². The summed E-state index contributed by atoms with van der Waals surface area (Å²) in [6, 6.07) is 5.98. The molecule has 2 amide bonds. The average molecular weight is 494 g/mol. The molecule has 0 aromatic heterocycles. The molecule has 36 heavy (non-hydrogen) atoms. The summed E-state index contributed by atoms with van der Waals surface area (Å²) in [4.78, 5) is 44.2. The lowest BCUT2D eigenvalue weighted by atomic mass is 9.78. The maximum Gasteiger partial charge on any atom is 0.409 e. The number of carbonyl (C=O) groups is 3. The zero-order valence-corrected chi connectivity index (χ0v) is 21.3. The van der Waals surface area contributed by atoms with E-state index >= 15 is 0 Å². The molecule has 3 fully saturated rings. The van der Waals surface area contributed by atoms with Crippen molar-refractivity contribution in [1.29, 1.82) is 0 Å². The summed E-state index contributed by atoms with van der Waals surface area (Å²) in [5.74, 6) is -0.195. The maximum absolute atomic E-state index is 13.6. The number of nitrogens with zero attached hydrogens (tertiary/aromatic N) is 3. The molecule has 3 aliphatic heterocycles. The predicted molar refractivity (Wildman–Crippen MR) is 136 cm³/mol. The molecule has 4 aliphatic rings. The van der Waals surface area contributed by atoms with Crippen LogP contribution in [0.3, 0.4) is 0 Å². The van der Waals surface area contributed by atoms with Gasteiger partial charge in [-0.1, -0.05) is 44.2 Å². The molecule has 1 spiro atoms. The Bertz CT molecular complexity index is 1100. The zero-order chi connectivity index (χ0) is 25.4. The molecule has 2 unspecified atom stereocenters. The smallest absolute Gasteiger partial charge is 0.409 e. The number of likely N-dealkylation sites (tertiary alicyclic amines) is 1. The molecule has 192 valence electrons. The Balaban J connectivity index is 1.25. The summed E-state index contributed by atoms with van der Waals surface area (Å²) < 4.78 is 11.3. The minimum atomic E-state index is -0.634. The van der Waals surface area contributed by atoms with E-state index in [0.29, 0.717) is 63.8 Å². The van der Waals surface area contributed by atoms with E-state index in [0.717, 1.165) is 11.3 Å². The van der Waals surface area contributed by atoms with Crippen molar-refractivity contribution in [2.45, 2.75) is 32.8 Å². The Morgan fingerprint density at radius 2 is 1.83 bits per heavy atom. The lowest BCUT2D eigenvalue weighted by Gasteiger charge is -2.36. The fourth-order valence-electron chi connectivity index (χ4n) is 5.69. The first kappa shape index (κ1) is 24.4. The monoisotopic (exact) mass is 493 g/mol. The number of anilines is 1. The Kier molecular flexibility index (Phi) is 6.53. The summed E-state index contributed by atoms with van der Waals surface area (Å²) in [6.45, 7) is 9.91. The fraction of sp³-hybridized carbons (Fsp3) is 0.536. The van der Waals surface area contributed by atoms with Crippen LogP contribution < -0.4 is 4.90 Å². The summed E-state index contributed by atoms with van der Waals surface area (Å²) >= 11 is 0. The molecule has 1 aromatic rings. The van der Waals surface area contributed by atoms with Crippen molar-refractivity contribution in [1.82, 2.24) is 9.80 Å². The summed E-state index contributed by atoms with van der Waals surface area (Å²) in [7, 11) is 0. The van der Waals surface area contributed by atoms with Crippen molar-refractivity contribution in [3.05, 3.63) is 53.6 Å². The first-order valence-electron chi connectivity index (χ1n) is 12.9. The first-order chi connectivity index (χ1) is 17.3. The number of fused-ring (bicyclic) bond motifs is 2. The molecular formula is C28H35N3O5. The van der Waals surface area contributed by atoms with Gasteiger partial charge < -0.3 is 24.2 Å². The van der Waals surface area contributed by atoms with Gasteiger partial charge in [-0.3, -0.25) is 9.59 Å². The highest BCUT2D eigenvalue weighted by Gasteiger charge is 2.57. The number of rotatable bonds is 4. The van der Waals surface area contributed by atoms with Gasteiger partial charge in [-0.15, -0.1) is 0 Å². The third kappa shape index (κ3) is 4.49. The van der Waals surface area contributed by atoms with Crippen LogP contribution in [0.1, 0.15) is 36.2 Å². The number of carbonyl (C=O) groups excluding carboxylic acids is 3. The highest BCUT2D eigenvalue weighted by molar-refractivity contribution is 5.97. The number of hydrogen-bond donors (Lipinski definition) is 0. The van der Waals surface area contributed by atoms with Crippen LogP contribution in [-0.4, -0.2) is 79.2 Å². The summed E-state index contributed by atoms with van der Waals surface area (Å²) in [5.41, 5.74) is 1.93. The van der Waals surface area contributed by atoms with Crippen LogP contribution in [0.5, 0.6) is 0 Å². The summed E-state index contributed by atoms with van der Waals surface area (Å²) in [5, 5.41) is 0. The van der Waals surface area contributed by atoms with Crippen LogP contribution in [0.2, 0.25) is 0 Å². The Hall–Kier alpha value is -3.29. The van der Waals surface area contributed by atoms with E-state index in [1.165, 1.54) is 0 Å². The van der Waals surface area contributed by atoms with E-state index < -0.39 is 5.60 Å².